The van der Waals surface area contributed by atoms with E-state index >= 15 is 0 Å². The Bertz CT molecular complexity index is 367. The van der Waals surface area contributed by atoms with Crippen LogP contribution >= 0.6 is 0 Å². The summed E-state index contributed by atoms with van der Waals surface area (Å²) in [5.41, 5.74) is 0. The number of carbonyl (C=O) groups excluding carboxylic acids is 2. The van der Waals surface area contributed by atoms with Gasteiger partial charge in [-0.25, -0.2) is 4.79 Å². The number of urea groups is 1. The van der Waals surface area contributed by atoms with E-state index in [1.165, 1.54) is 0 Å². The molecule has 1 fully saturated rings. The minimum atomic E-state index is -0.970. The van der Waals surface area contributed by atoms with E-state index in [2.05, 4.69) is 10.6 Å². The van der Waals surface area contributed by atoms with Gasteiger partial charge in [0.05, 0.1) is 13.1 Å². The van der Waals surface area contributed by atoms with Crippen LogP contribution in [0.5, 0.6) is 0 Å². The highest BCUT2D eigenvalue weighted by Crippen LogP contribution is 2.29. The molecule has 1 rings (SSSR count). The maximum absolute atomic E-state index is 11.7. The zero-order valence-corrected chi connectivity index (χ0v) is 12.0. The Morgan fingerprint density at radius 2 is 1.90 bits per heavy atom. The Morgan fingerprint density at radius 3 is 2.40 bits per heavy atom. The zero-order valence-electron chi connectivity index (χ0n) is 12.0. The number of amides is 3. The summed E-state index contributed by atoms with van der Waals surface area (Å²) >= 11 is 0. The molecule has 0 aliphatic heterocycles. The van der Waals surface area contributed by atoms with Crippen molar-refractivity contribution < 1.29 is 19.5 Å². The van der Waals surface area contributed by atoms with Gasteiger partial charge in [0, 0.05) is 13.1 Å². The molecule has 114 valence electrons. The predicted molar refractivity (Wildman–Crippen MR) is 73.2 cm³/mol. The summed E-state index contributed by atoms with van der Waals surface area (Å²) in [4.78, 5) is 35.4. The Morgan fingerprint density at radius 1 is 1.25 bits per heavy atom. The lowest BCUT2D eigenvalue weighted by Gasteiger charge is -2.19. The molecule has 1 saturated carbocycles. The first-order valence-electron chi connectivity index (χ1n) is 6.88. The molecule has 0 unspecified atom stereocenters. The Labute approximate surface area is 118 Å². The Kier molecular flexibility index (Phi) is 6.44. The van der Waals surface area contributed by atoms with Crippen LogP contribution in [0.15, 0.2) is 0 Å². The number of hydrogen-bond donors (Lipinski definition) is 3. The first kappa shape index (κ1) is 16.4. The van der Waals surface area contributed by atoms with Gasteiger partial charge in [0.25, 0.3) is 0 Å². The number of hydrogen-bond acceptors (Lipinski definition) is 4. The smallest absolute Gasteiger partial charge is 0.321 e. The SMILES string of the molecule is CC(C)CNC(=O)NC(=O)CN(CC(=O)O)CC1CC1. The number of rotatable bonds is 8. The monoisotopic (exact) mass is 285 g/mol. The molecule has 0 heterocycles. The quantitative estimate of drug-likeness (QED) is 0.594. The van der Waals surface area contributed by atoms with Gasteiger partial charge in [-0.1, -0.05) is 13.8 Å². The van der Waals surface area contributed by atoms with Gasteiger partial charge in [-0.05, 0) is 24.7 Å². The van der Waals surface area contributed by atoms with Crippen molar-refractivity contribution in [2.75, 3.05) is 26.2 Å². The Hall–Kier alpha value is -1.63. The third kappa shape index (κ3) is 7.73. The highest BCUT2D eigenvalue weighted by molar-refractivity contribution is 5.95. The number of carboxylic acid groups (broad SMARTS) is 1. The van der Waals surface area contributed by atoms with Crippen LogP contribution in [0, 0.1) is 11.8 Å². The maximum Gasteiger partial charge on any atom is 0.321 e. The van der Waals surface area contributed by atoms with E-state index in [1.807, 2.05) is 13.8 Å². The normalized spacial score (nSPS) is 14.4. The van der Waals surface area contributed by atoms with Gasteiger partial charge in [-0.2, -0.15) is 0 Å². The molecular weight excluding hydrogens is 262 g/mol. The third-order valence-electron chi connectivity index (χ3n) is 2.86. The number of carboxylic acids is 1. The van der Waals surface area contributed by atoms with E-state index in [1.54, 1.807) is 4.90 Å². The van der Waals surface area contributed by atoms with Crippen molar-refractivity contribution in [2.24, 2.45) is 11.8 Å². The van der Waals surface area contributed by atoms with Crippen LogP contribution in [0.1, 0.15) is 26.7 Å². The van der Waals surface area contributed by atoms with E-state index in [-0.39, 0.29) is 13.1 Å². The fourth-order valence-electron chi connectivity index (χ4n) is 1.75. The van der Waals surface area contributed by atoms with E-state index in [0.717, 1.165) is 12.8 Å². The largest absolute Gasteiger partial charge is 0.480 e. The summed E-state index contributed by atoms with van der Waals surface area (Å²) in [7, 11) is 0. The molecule has 0 bridgehead atoms. The molecule has 20 heavy (non-hydrogen) atoms. The highest BCUT2D eigenvalue weighted by Gasteiger charge is 2.26. The van der Waals surface area contributed by atoms with Crippen molar-refractivity contribution in [3.05, 3.63) is 0 Å². The van der Waals surface area contributed by atoms with E-state index in [4.69, 9.17) is 5.11 Å². The molecule has 1 aliphatic rings. The molecule has 0 spiro atoms. The molecule has 7 nitrogen and oxygen atoms in total. The minimum Gasteiger partial charge on any atom is -0.480 e. The molecular formula is C13H23N3O4. The average molecular weight is 285 g/mol. The molecule has 0 radical (unpaired) electrons. The van der Waals surface area contributed by atoms with Crippen LogP contribution in [-0.2, 0) is 9.59 Å². The molecule has 0 aromatic carbocycles. The first-order chi connectivity index (χ1) is 9.36. The van der Waals surface area contributed by atoms with E-state index in [9.17, 15) is 14.4 Å². The fourth-order valence-corrected chi connectivity index (χ4v) is 1.75. The number of aliphatic carboxylic acids is 1. The molecule has 7 heteroatoms. The van der Waals surface area contributed by atoms with E-state index < -0.39 is 17.9 Å². The van der Waals surface area contributed by atoms with Crippen LogP contribution < -0.4 is 10.6 Å². The van der Waals surface area contributed by atoms with Crippen LogP contribution in [0.2, 0.25) is 0 Å². The predicted octanol–water partition coefficient (Wildman–Crippen LogP) is 0.265. The van der Waals surface area contributed by atoms with Crippen molar-refractivity contribution in [3.63, 3.8) is 0 Å². The van der Waals surface area contributed by atoms with Gasteiger partial charge < -0.3 is 10.4 Å². The second-order valence-electron chi connectivity index (χ2n) is 5.66. The van der Waals surface area contributed by atoms with Crippen LogP contribution in [0.25, 0.3) is 0 Å². The summed E-state index contributed by atoms with van der Waals surface area (Å²) in [5.74, 6) is -0.665. The second kappa shape index (κ2) is 7.84. The standard InChI is InChI=1S/C13H23N3O4/c1-9(2)5-14-13(20)15-11(17)7-16(8-12(18)19)6-10-3-4-10/h9-10H,3-8H2,1-2H3,(H,18,19)(H2,14,15,17,20). The summed E-state index contributed by atoms with van der Waals surface area (Å²) in [6.45, 7) is 4.72. The van der Waals surface area contributed by atoms with Gasteiger partial charge >= 0.3 is 12.0 Å². The first-order valence-corrected chi connectivity index (χ1v) is 6.88. The molecule has 0 aromatic heterocycles. The fraction of sp³-hybridized carbons (Fsp3) is 0.769. The van der Waals surface area contributed by atoms with Crippen LogP contribution in [0.3, 0.4) is 0 Å². The molecule has 3 N–H and O–H groups in total. The summed E-state index contributed by atoms with van der Waals surface area (Å²) < 4.78 is 0. The summed E-state index contributed by atoms with van der Waals surface area (Å²) in [6, 6.07) is -0.537. The molecule has 0 atom stereocenters. The van der Waals surface area contributed by atoms with Crippen molar-refractivity contribution in [2.45, 2.75) is 26.7 Å². The number of nitrogens with zero attached hydrogens (tertiary/aromatic N) is 1. The minimum absolute atomic E-state index is 0.0715. The summed E-state index contributed by atoms with van der Waals surface area (Å²) in [6.07, 6.45) is 2.15. The van der Waals surface area contributed by atoms with Crippen molar-refractivity contribution in [1.82, 2.24) is 15.5 Å². The lowest BCUT2D eigenvalue weighted by atomic mass is 10.2. The van der Waals surface area contributed by atoms with Crippen molar-refractivity contribution >= 4 is 17.9 Å². The number of nitrogens with one attached hydrogen (secondary N) is 2. The number of carbonyl (C=O) groups is 3. The second-order valence-corrected chi connectivity index (χ2v) is 5.66. The van der Waals surface area contributed by atoms with Gasteiger partial charge in [0.15, 0.2) is 0 Å². The topological polar surface area (TPSA) is 98.7 Å². The Balaban J connectivity index is 2.32. The van der Waals surface area contributed by atoms with Gasteiger partial charge in [0.2, 0.25) is 5.91 Å². The molecule has 3 amide bonds. The zero-order chi connectivity index (χ0) is 15.1. The van der Waals surface area contributed by atoms with Gasteiger partial charge in [0.1, 0.15) is 0 Å². The van der Waals surface area contributed by atoms with Gasteiger partial charge in [-0.15, -0.1) is 0 Å². The van der Waals surface area contributed by atoms with Gasteiger partial charge in [-0.3, -0.25) is 19.8 Å². The molecule has 0 saturated heterocycles. The lowest BCUT2D eigenvalue weighted by molar-refractivity contribution is -0.138. The molecule has 1 aliphatic carbocycles. The van der Waals surface area contributed by atoms with Crippen molar-refractivity contribution in [1.29, 1.82) is 0 Å². The third-order valence-corrected chi connectivity index (χ3v) is 2.86. The average Bonchev–Trinajstić information content (AvgIpc) is 3.08. The lowest BCUT2D eigenvalue weighted by Crippen LogP contribution is -2.46. The summed E-state index contributed by atoms with van der Waals surface area (Å²) in [5, 5.41) is 13.6. The van der Waals surface area contributed by atoms with Crippen LogP contribution in [-0.4, -0.2) is 54.1 Å². The van der Waals surface area contributed by atoms with E-state index in [0.29, 0.717) is 24.9 Å². The number of imide groups is 1. The highest BCUT2D eigenvalue weighted by atomic mass is 16.4. The van der Waals surface area contributed by atoms with Crippen molar-refractivity contribution in [3.8, 4) is 0 Å². The van der Waals surface area contributed by atoms with Crippen LogP contribution in [0.4, 0.5) is 4.79 Å². The molecule has 0 aromatic rings. The maximum atomic E-state index is 11.7.